The van der Waals surface area contributed by atoms with Gasteiger partial charge in [-0.25, -0.2) is 0 Å². The first-order chi connectivity index (χ1) is 8.99. The van der Waals surface area contributed by atoms with Crippen molar-refractivity contribution in [3.05, 3.63) is 34.3 Å². The summed E-state index contributed by atoms with van der Waals surface area (Å²) in [7, 11) is 0. The molecular formula is C15H23BrN2O. The topological polar surface area (TPSA) is 55.1 Å². The lowest BCUT2D eigenvalue weighted by Gasteiger charge is -2.30. The van der Waals surface area contributed by atoms with Gasteiger partial charge in [-0.15, -0.1) is 0 Å². The second-order valence-corrected chi connectivity index (χ2v) is 5.85. The third kappa shape index (κ3) is 3.80. The maximum Gasteiger partial charge on any atom is 0.227 e. The molecule has 3 nitrogen and oxygen atoms in total. The van der Waals surface area contributed by atoms with Crippen LogP contribution in [0, 0.1) is 5.41 Å². The molecular weight excluding hydrogens is 304 g/mol. The van der Waals surface area contributed by atoms with Gasteiger partial charge in [-0.05, 0) is 37.5 Å². The summed E-state index contributed by atoms with van der Waals surface area (Å²) >= 11 is 3.41. The van der Waals surface area contributed by atoms with E-state index in [9.17, 15) is 4.79 Å². The van der Waals surface area contributed by atoms with Crippen molar-refractivity contribution in [2.45, 2.75) is 39.7 Å². The molecule has 1 amide bonds. The van der Waals surface area contributed by atoms with Gasteiger partial charge >= 0.3 is 0 Å². The molecule has 0 bridgehead atoms. The third-order valence-electron chi connectivity index (χ3n) is 3.94. The van der Waals surface area contributed by atoms with Gasteiger partial charge in [-0.1, -0.05) is 41.9 Å². The fraction of sp³-hybridized carbons (Fsp3) is 0.533. The van der Waals surface area contributed by atoms with Crippen molar-refractivity contribution in [3.8, 4) is 0 Å². The minimum absolute atomic E-state index is 0.00961. The quantitative estimate of drug-likeness (QED) is 0.841. The highest BCUT2D eigenvalue weighted by atomic mass is 79.9. The second-order valence-electron chi connectivity index (χ2n) is 4.94. The third-order valence-corrected chi connectivity index (χ3v) is 4.47. The van der Waals surface area contributed by atoms with Crippen LogP contribution in [0.25, 0.3) is 0 Å². The molecule has 0 radical (unpaired) electrons. The summed E-state index contributed by atoms with van der Waals surface area (Å²) in [5.41, 5.74) is 6.45. The van der Waals surface area contributed by atoms with Crippen LogP contribution in [-0.4, -0.2) is 12.5 Å². The van der Waals surface area contributed by atoms with Gasteiger partial charge in [0.2, 0.25) is 5.91 Å². The van der Waals surface area contributed by atoms with E-state index in [4.69, 9.17) is 5.73 Å². The van der Waals surface area contributed by atoms with Crippen molar-refractivity contribution in [1.29, 1.82) is 0 Å². The first-order valence-electron chi connectivity index (χ1n) is 6.75. The Hall–Kier alpha value is -0.870. The number of nitrogens with one attached hydrogen (secondary N) is 1. The fourth-order valence-electron chi connectivity index (χ4n) is 2.14. The number of nitrogens with two attached hydrogens (primary N) is 1. The zero-order chi connectivity index (χ0) is 14.5. The minimum atomic E-state index is -0.441. The van der Waals surface area contributed by atoms with E-state index >= 15 is 0 Å². The molecule has 0 fully saturated rings. The highest BCUT2D eigenvalue weighted by Gasteiger charge is 2.33. The number of hydrogen-bond acceptors (Lipinski definition) is 2. The SMILES string of the molecule is CCC(CC)(CN)C(=O)N[C@H](C)c1ccc(Br)cc1. The Morgan fingerprint density at radius 2 is 1.84 bits per heavy atom. The lowest BCUT2D eigenvalue weighted by Crippen LogP contribution is -2.46. The Morgan fingerprint density at radius 3 is 2.26 bits per heavy atom. The van der Waals surface area contributed by atoms with E-state index < -0.39 is 5.41 Å². The molecule has 0 saturated carbocycles. The van der Waals surface area contributed by atoms with Crippen LogP contribution >= 0.6 is 15.9 Å². The first-order valence-corrected chi connectivity index (χ1v) is 7.55. The summed E-state index contributed by atoms with van der Waals surface area (Å²) < 4.78 is 1.04. The van der Waals surface area contributed by atoms with E-state index in [0.717, 1.165) is 22.9 Å². The van der Waals surface area contributed by atoms with Gasteiger partial charge in [-0.2, -0.15) is 0 Å². The summed E-state index contributed by atoms with van der Waals surface area (Å²) in [6.07, 6.45) is 1.53. The van der Waals surface area contributed by atoms with E-state index in [-0.39, 0.29) is 11.9 Å². The maximum atomic E-state index is 12.4. The summed E-state index contributed by atoms with van der Waals surface area (Å²) in [5.74, 6) is 0.0513. The molecule has 1 atom stereocenters. The first kappa shape index (κ1) is 16.2. The Balaban J connectivity index is 2.78. The molecule has 0 saturated heterocycles. The van der Waals surface area contributed by atoms with Crippen LogP contribution in [0.4, 0.5) is 0 Å². The molecule has 0 aromatic heterocycles. The van der Waals surface area contributed by atoms with Crippen LogP contribution < -0.4 is 11.1 Å². The maximum absolute atomic E-state index is 12.4. The number of carbonyl (C=O) groups excluding carboxylic acids is 1. The van der Waals surface area contributed by atoms with Crippen LogP contribution in [-0.2, 0) is 4.79 Å². The molecule has 0 aliphatic rings. The number of benzene rings is 1. The largest absolute Gasteiger partial charge is 0.349 e. The predicted molar refractivity (Wildman–Crippen MR) is 82.8 cm³/mol. The van der Waals surface area contributed by atoms with Crippen molar-refractivity contribution in [2.75, 3.05) is 6.54 Å². The Kier molecular flexibility index (Phi) is 6.01. The number of carbonyl (C=O) groups is 1. The molecule has 106 valence electrons. The average molecular weight is 327 g/mol. The van der Waals surface area contributed by atoms with E-state index in [1.54, 1.807) is 0 Å². The smallest absolute Gasteiger partial charge is 0.227 e. The van der Waals surface area contributed by atoms with Gasteiger partial charge in [0.25, 0.3) is 0 Å². The van der Waals surface area contributed by atoms with Crippen molar-refractivity contribution < 1.29 is 4.79 Å². The Bertz CT molecular complexity index is 404. The monoisotopic (exact) mass is 326 g/mol. The number of rotatable bonds is 6. The highest BCUT2D eigenvalue weighted by Crippen LogP contribution is 2.26. The summed E-state index contributed by atoms with van der Waals surface area (Å²) in [6.45, 7) is 6.41. The van der Waals surface area contributed by atoms with Crippen molar-refractivity contribution in [2.24, 2.45) is 11.1 Å². The van der Waals surface area contributed by atoms with E-state index in [0.29, 0.717) is 6.54 Å². The standard InChI is InChI=1S/C15H23BrN2O/c1-4-15(5-2,10-17)14(19)18-11(3)12-6-8-13(16)9-7-12/h6-9,11H,4-5,10,17H2,1-3H3,(H,18,19)/t11-/m1/s1. The van der Waals surface area contributed by atoms with Crippen LogP contribution in [0.5, 0.6) is 0 Å². The number of halogens is 1. The number of hydrogen-bond donors (Lipinski definition) is 2. The number of amides is 1. The van der Waals surface area contributed by atoms with E-state index in [2.05, 4.69) is 21.2 Å². The molecule has 1 aromatic carbocycles. The molecule has 4 heteroatoms. The molecule has 0 aliphatic carbocycles. The van der Waals surface area contributed by atoms with E-state index in [1.165, 1.54) is 0 Å². The van der Waals surface area contributed by atoms with Gasteiger partial charge in [0, 0.05) is 11.0 Å². The molecule has 0 heterocycles. The average Bonchev–Trinajstić information content (AvgIpc) is 2.42. The highest BCUT2D eigenvalue weighted by molar-refractivity contribution is 9.10. The van der Waals surface area contributed by atoms with Crippen molar-refractivity contribution in [1.82, 2.24) is 5.32 Å². The van der Waals surface area contributed by atoms with Crippen LogP contribution in [0.3, 0.4) is 0 Å². The lowest BCUT2D eigenvalue weighted by atomic mass is 9.81. The molecule has 3 N–H and O–H groups in total. The van der Waals surface area contributed by atoms with Crippen molar-refractivity contribution >= 4 is 21.8 Å². The molecule has 0 unspecified atom stereocenters. The molecule has 0 aliphatic heterocycles. The van der Waals surface area contributed by atoms with Crippen LogP contribution in [0.1, 0.15) is 45.2 Å². The normalized spacial score (nSPS) is 13.1. The van der Waals surface area contributed by atoms with Gasteiger partial charge in [0.1, 0.15) is 0 Å². The zero-order valence-electron chi connectivity index (χ0n) is 11.9. The molecule has 1 aromatic rings. The van der Waals surface area contributed by atoms with Gasteiger partial charge in [-0.3, -0.25) is 4.79 Å². The minimum Gasteiger partial charge on any atom is -0.349 e. The summed E-state index contributed by atoms with van der Waals surface area (Å²) in [5, 5.41) is 3.08. The Morgan fingerprint density at radius 1 is 1.32 bits per heavy atom. The van der Waals surface area contributed by atoms with Crippen LogP contribution in [0.15, 0.2) is 28.7 Å². The second kappa shape index (κ2) is 7.06. The van der Waals surface area contributed by atoms with Gasteiger partial charge < -0.3 is 11.1 Å². The van der Waals surface area contributed by atoms with Crippen LogP contribution in [0.2, 0.25) is 0 Å². The predicted octanol–water partition coefficient (Wildman–Crippen LogP) is 3.39. The Labute approximate surface area is 124 Å². The summed E-state index contributed by atoms with van der Waals surface area (Å²) in [6, 6.07) is 7.97. The van der Waals surface area contributed by atoms with Gasteiger partial charge in [0.15, 0.2) is 0 Å². The summed E-state index contributed by atoms with van der Waals surface area (Å²) in [4.78, 5) is 12.4. The molecule has 19 heavy (non-hydrogen) atoms. The fourth-order valence-corrected chi connectivity index (χ4v) is 2.40. The molecule has 1 rings (SSSR count). The zero-order valence-corrected chi connectivity index (χ0v) is 13.5. The van der Waals surface area contributed by atoms with E-state index in [1.807, 2.05) is 45.0 Å². The van der Waals surface area contributed by atoms with Crippen molar-refractivity contribution in [3.63, 3.8) is 0 Å². The lowest BCUT2D eigenvalue weighted by molar-refractivity contribution is -0.131. The molecule has 0 spiro atoms. The van der Waals surface area contributed by atoms with Gasteiger partial charge in [0.05, 0.1) is 11.5 Å².